The Kier molecular flexibility index (Phi) is 10.3. The maximum absolute atomic E-state index is 11.8. The number of carbonyl (C=O) groups is 1. The van der Waals surface area contributed by atoms with Crippen LogP contribution in [0.15, 0.2) is 60.7 Å². The second-order valence-electron chi connectivity index (χ2n) is 10.5. The summed E-state index contributed by atoms with van der Waals surface area (Å²) < 4.78 is 23.7. The highest BCUT2D eigenvalue weighted by Gasteiger charge is 2.28. The molecule has 1 saturated heterocycles. The van der Waals surface area contributed by atoms with Crippen LogP contribution in [0.25, 0.3) is 0 Å². The minimum Gasteiger partial charge on any atom is -0.494 e. The molecule has 0 unspecified atom stereocenters. The number of hydrogen-bond donors (Lipinski definition) is 1. The molecule has 3 aromatic carbocycles. The average Bonchev–Trinajstić information content (AvgIpc) is 2.90. The normalized spacial score (nSPS) is 17.0. The lowest BCUT2D eigenvalue weighted by molar-refractivity contribution is -0.162. The van der Waals surface area contributed by atoms with E-state index in [0.717, 1.165) is 54.1 Å². The zero-order valence-electron chi connectivity index (χ0n) is 23.3. The van der Waals surface area contributed by atoms with Gasteiger partial charge in [0.05, 0.1) is 25.7 Å². The molecule has 39 heavy (non-hydrogen) atoms. The number of hydrogen-bond acceptors (Lipinski definition) is 6. The molecule has 0 radical (unpaired) electrons. The SMILES string of the molecule is Cc1ccc(OCCCc2cc(C)cc(CCCOc3ccc(C)cc3)c2OC[C@@H]2C[C@@H](O)CC(=O)O2)cc1. The molecule has 0 saturated carbocycles. The topological polar surface area (TPSA) is 74.2 Å². The highest BCUT2D eigenvalue weighted by atomic mass is 16.6. The Balaban J connectivity index is 1.41. The Morgan fingerprint density at radius 3 is 1.77 bits per heavy atom. The van der Waals surface area contributed by atoms with Crippen LogP contribution in [-0.4, -0.2) is 43.1 Å². The van der Waals surface area contributed by atoms with E-state index in [1.165, 1.54) is 16.7 Å². The first-order chi connectivity index (χ1) is 18.9. The van der Waals surface area contributed by atoms with Crippen LogP contribution in [0.4, 0.5) is 0 Å². The predicted molar refractivity (Wildman–Crippen MR) is 152 cm³/mol. The predicted octanol–water partition coefficient (Wildman–Crippen LogP) is 6.08. The number of aliphatic hydroxyl groups excluding tert-OH is 1. The third-order valence-corrected chi connectivity index (χ3v) is 6.80. The summed E-state index contributed by atoms with van der Waals surface area (Å²) in [6, 6.07) is 20.5. The van der Waals surface area contributed by atoms with Crippen molar-refractivity contribution in [3.63, 3.8) is 0 Å². The van der Waals surface area contributed by atoms with Crippen LogP contribution in [0, 0.1) is 20.8 Å². The molecule has 0 aliphatic carbocycles. The fraction of sp³-hybridized carbons (Fsp3) is 0.424. The van der Waals surface area contributed by atoms with E-state index in [0.29, 0.717) is 19.6 Å². The third-order valence-electron chi connectivity index (χ3n) is 6.80. The van der Waals surface area contributed by atoms with E-state index in [1.807, 2.05) is 48.5 Å². The first kappa shape index (κ1) is 28.5. The van der Waals surface area contributed by atoms with Crippen molar-refractivity contribution in [2.24, 2.45) is 0 Å². The van der Waals surface area contributed by atoms with Crippen molar-refractivity contribution >= 4 is 5.97 Å². The summed E-state index contributed by atoms with van der Waals surface area (Å²) in [5.74, 6) is 2.19. The maximum Gasteiger partial charge on any atom is 0.308 e. The lowest BCUT2D eigenvalue weighted by Gasteiger charge is -2.27. The highest BCUT2D eigenvalue weighted by molar-refractivity contribution is 5.71. The summed E-state index contributed by atoms with van der Waals surface area (Å²) in [6.45, 7) is 7.63. The molecule has 0 bridgehead atoms. The van der Waals surface area contributed by atoms with Gasteiger partial charge in [-0.05, 0) is 81.8 Å². The monoisotopic (exact) mass is 532 g/mol. The summed E-state index contributed by atoms with van der Waals surface area (Å²) in [6.07, 6.45) is 2.54. The maximum atomic E-state index is 11.8. The minimum absolute atomic E-state index is 0.0412. The lowest BCUT2D eigenvalue weighted by atomic mass is 9.98. The summed E-state index contributed by atoms with van der Waals surface area (Å²) in [4.78, 5) is 11.8. The van der Waals surface area contributed by atoms with E-state index in [4.69, 9.17) is 18.9 Å². The molecular formula is C33H40O6. The van der Waals surface area contributed by atoms with E-state index >= 15 is 0 Å². The molecule has 6 heteroatoms. The van der Waals surface area contributed by atoms with Gasteiger partial charge in [-0.25, -0.2) is 0 Å². The van der Waals surface area contributed by atoms with E-state index in [1.54, 1.807) is 0 Å². The van der Waals surface area contributed by atoms with Gasteiger partial charge in [0.1, 0.15) is 30.0 Å². The molecule has 1 aliphatic rings. The summed E-state index contributed by atoms with van der Waals surface area (Å²) in [5.41, 5.74) is 5.80. The molecule has 208 valence electrons. The molecule has 1 N–H and O–H groups in total. The van der Waals surface area contributed by atoms with Gasteiger partial charge in [-0.2, -0.15) is 0 Å². The zero-order valence-corrected chi connectivity index (χ0v) is 23.3. The molecule has 4 rings (SSSR count). The number of benzene rings is 3. The molecule has 2 atom stereocenters. The van der Waals surface area contributed by atoms with Crippen molar-refractivity contribution in [1.82, 2.24) is 0 Å². The van der Waals surface area contributed by atoms with Crippen LogP contribution < -0.4 is 14.2 Å². The van der Waals surface area contributed by atoms with Gasteiger partial charge in [0.15, 0.2) is 0 Å². The molecule has 3 aromatic rings. The van der Waals surface area contributed by atoms with E-state index in [9.17, 15) is 9.90 Å². The van der Waals surface area contributed by atoms with Gasteiger partial charge < -0.3 is 24.1 Å². The van der Waals surface area contributed by atoms with Gasteiger partial charge in [-0.15, -0.1) is 0 Å². The van der Waals surface area contributed by atoms with Crippen molar-refractivity contribution in [2.45, 2.75) is 71.5 Å². The number of rotatable bonds is 13. The smallest absolute Gasteiger partial charge is 0.308 e. The van der Waals surface area contributed by atoms with Crippen LogP contribution in [-0.2, 0) is 22.4 Å². The van der Waals surface area contributed by atoms with E-state index < -0.39 is 12.2 Å². The van der Waals surface area contributed by atoms with Crippen LogP contribution >= 0.6 is 0 Å². The largest absolute Gasteiger partial charge is 0.494 e. The van der Waals surface area contributed by atoms with Crippen molar-refractivity contribution < 1.29 is 28.8 Å². The lowest BCUT2D eigenvalue weighted by Crippen LogP contribution is -2.36. The molecule has 0 aromatic heterocycles. The molecule has 6 nitrogen and oxygen atoms in total. The molecule has 1 fully saturated rings. The fourth-order valence-electron chi connectivity index (χ4n) is 4.80. The highest BCUT2D eigenvalue weighted by Crippen LogP contribution is 2.30. The number of ether oxygens (including phenoxy) is 4. The molecular weight excluding hydrogens is 492 g/mol. The van der Waals surface area contributed by atoms with Crippen LogP contribution in [0.3, 0.4) is 0 Å². The number of esters is 1. The van der Waals surface area contributed by atoms with E-state index in [-0.39, 0.29) is 19.0 Å². The Bertz CT molecular complexity index is 1130. The molecule has 1 aliphatic heterocycles. The summed E-state index contributed by atoms with van der Waals surface area (Å²) in [5, 5.41) is 10.0. The number of aryl methyl sites for hydroxylation is 5. The minimum atomic E-state index is -0.686. The Labute approximate surface area is 231 Å². The second-order valence-corrected chi connectivity index (χ2v) is 10.5. The van der Waals surface area contributed by atoms with Gasteiger partial charge in [-0.3, -0.25) is 4.79 Å². The van der Waals surface area contributed by atoms with Gasteiger partial charge >= 0.3 is 5.97 Å². The standard InChI is InChI=1S/C33H40O6/c1-23-8-12-29(13-9-23)36-16-4-6-26-18-25(3)19-27(7-5-17-37-30-14-10-24(2)11-15-30)33(26)38-22-31-20-28(34)21-32(35)39-31/h8-15,18-19,28,31,34H,4-7,16-17,20-22H2,1-3H3/t28-,31+/m1/s1. The van der Waals surface area contributed by atoms with Crippen molar-refractivity contribution in [2.75, 3.05) is 19.8 Å². The third kappa shape index (κ3) is 9.03. The fourth-order valence-corrected chi connectivity index (χ4v) is 4.80. The van der Waals surface area contributed by atoms with E-state index in [2.05, 4.69) is 32.9 Å². The van der Waals surface area contributed by atoms with Crippen molar-refractivity contribution in [3.8, 4) is 17.2 Å². The number of aliphatic hydroxyl groups is 1. The molecule has 1 heterocycles. The van der Waals surface area contributed by atoms with Gasteiger partial charge in [0.25, 0.3) is 0 Å². The Morgan fingerprint density at radius 1 is 0.769 bits per heavy atom. The van der Waals surface area contributed by atoms with Gasteiger partial charge in [-0.1, -0.05) is 53.1 Å². The summed E-state index contributed by atoms with van der Waals surface area (Å²) in [7, 11) is 0. The first-order valence-electron chi connectivity index (χ1n) is 13.9. The van der Waals surface area contributed by atoms with Crippen LogP contribution in [0.2, 0.25) is 0 Å². The Hall–Kier alpha value is -3.51. The van der Waals surface area contributed by atoms with Crippen LogP contribution in [0.5, 0.6) is 17.2 Å². The average molecular weight is 533 g/mol. The van der Waals surface area contributed by atoms with Crippen LogP contribution in [0.1, 0.15) is 53.5 Å². The quantitative estimate of drug-likeness (QED) is 0.212. The Morgan fingerprint density at radius 2 is 1.28 bits per heavy atom. The summed E-state index contributed by atoms with van der Waals surface area (Å²) >= 11 is 0. The number of carbonyl (C=O) groups excluding carboxylic acids is 1. The zero-order chi connectivity index (χ0) is 27.6. The van der Waals surface area contributed by atoms with Gasteiger partial charge in [0.2, 0.25) is 0 Å². The second kappa shape index (κ2) is 14.0. The molecule has 0 amide bonds. The number of cyclic esters (lactones) is 1. The molecule has 0 spiro atoms. The first-order valence-corrected chi connectivity index (χ1v) is 13.9. The van der Waals surface area contributed by atoms with Crippen molar-refractivity contribution in [1.29, 1.82) is 0 Å². The van der Waals surface area contributed by atoms with Crippen molar-refractivity contribution in [3.05, 3.63) is 88.5 Å². The van der Waals surface area contributed by atoms with Gasteiger partial charge in [0, 0.05) is 6.42 Å².